The molecular weight excluding hydrogens is 560 g/mol. The van der Waals surface area contributed by atoms with Crippen LogP contribution in [-0.2, 0) is 9.47 Å². The number of dihydropyridines is 1. The molecule has 0 amide bonds. The molecular formula is C35H46N2O7. The molecule has 9 heteroatoms. The molecule has 6 rings (SSSR count). The number of aliphatic hydroxyl groups excluding tert-OH is 1. The third-order valence-corrected chi connectivity index (χ3v) is 9.35. The van der Waals surface area contributed by atoms with E-state index in [9.17, 15) is 5.11 Å². The average Bonchev–Trinajstić information content (AvgIpc) is 3.55. The van der Waals surface area contributed by atoms with Crippen LogP contribution in [0.1, 0.15) is 68.3 Å². The van der Waals surface area contributed by atoms with Gasteiger partial charge in [-0.3, -0.25) is 0 Å². The molecule has 0 saturated heterocycles. The van der Waals surface area contributed by atoms with Gasteiger partial charge in [0.15, 0.2) is 0 Å². The van der Waals surface area contributed by atoms with Crippen LogP contribution in [0, 0.1) is 11.8 Å². The lowest BCUT2D eigenvalue weighted by atomic mass is 9.73. The van der Waals surface area contributed by atoms with Crippen LogP contribution in [-0.4, -0.2) is 57.9 Å². The van der Waals surface area contributed by atoms with E-state index in [-0.39, 0.29) is 30.1 Å². The van der Waals surface area contributed by atoms with E-state index in [1.165, 1.54) is 12.8 Å². The standard InChI is InChI=1S/C35H46N2O7/c1-39-16-5-8-31-33(28-21-42-29-11-10-25(20-26(29)34(28)38)43-23-6-3-4-7-23)35(27-19-24(40-2)9-12-30(27)44-31)41-17-14-22-13-15-37-32(36)18-22/h9-13,18-20,23,28,31,33-35,37-38H,3-8,14-17,21,36H2,1-2H3. The van der Waals surface area contributed by atoms with Gasteiger partial charge in [0.2, 0.25) is 0 Å². The zero-order valence-corrected chi connectivity index (χ0v) is 25.8. The number of aliphatic hydroxyl groups is 1. The summed E-state index contributed by atoms with van der Waals surface area (Å²) < 4.78 is 37.2. The molecule has 4 N–H and O–H groups in total. The molecule has 4 aliphatic rings. The Kier molecular flexibility index (Phi) is 9.84. The second kappa shape index (κ2) is 14.1. The van der Waals surface area contributed by atoms with Gasteiger partial charge in [-0.25, -0.2) is 0 Å². The minimum Gasteiger partial charge on any atom is -0.497 e. The third kappa shape index (κ3) is 6.80. The first-order valence-corrected chi connectivity index (χ1v) is 16.0. The van der Waals surface area contributed by atoms with Gasteiger partial charge in [0.05, 0.1) is 44.5 Å². The number of allylic oxidation sites excluding steroid dienone is 1. The zero-order chi connectivity index (χ0) is 30.5. The molecule has 0 spiro atoms. The minimum atomic E-state index is -0.780. The third-order valence-electron chi connectivity index (χ3n) is 9.35. The first-order chi connectivity index (χ1) is 21.5. The molecule has 44 heavy (non-hydrogen) atoms. The molecule has 5 atom stereocenters. The van der Waals surface area contributed by atoms with Crippen molar-refractivity contribution in [3.63, 3.8) is 0 Å². The summed E-state index contributed by atoms with van der Waals surface area (Å²) in [5.74, 6) is 3.17. The van der Waals surface area contributed by atoms with Crippen LogP contribution in [0.5, 0.6) is 23.0 Å². The number of hydrogen-bond acceptors (Lipinski definition) is 9. The van der Waals surface area contributed by atoms with Crippen LogP contribution in [0.3, 0.4) is 0 Å². The van der Waals surface area contributed by atoms with Gasteiger partial charge in [-0.15, -0.1) is 0 Å². The van der Waals surface area contributed by atoms with Crippen molar-refractivity contribution in [3.05, 3.63) is 71.1 Å². The number of nitrogens with one attached hydrogen (secondary N) is 1. The van der Waals surface area contributed by atoms with Crippen LogP contribution < -0.4 is 30.0 Å². The van der Waals surface area contributed by atoms with E-state index >= 15 is 0 Å². The molecule has 9 nitrogen and oxygen atoms in total. The monoisotopic (exact) mass is 606 g/mol. The lowest BCUT2D eigenvalue weighted by Gasteiger charge is -2.46. The van der Waals surface area contributed by atoms with Gasteiger partial charge in [-0.05, 0) is 93.0 Å². The van der Waals surface area contributed by atoms with E-state index in [1.54, 1.807) is 14.2 Å². The first kappa shape index (κ1) is 30.6. The largest absolute Gasteiger partial charge is 0.497 e. The highest BCUT2D eigenvalue weighted by atomic mass is 16.5. The summed E-state index contributed by atoms with van der Waals surface area (Å²) >= 11 is 0. The van der Waals surface area contributed by atoms with Crippen LogP contribution in [0.2, 0.25) is 0 Å². The summed E-state index contributed by atoms with van der Waals surface area (Å²) in [5, 5.41) is 15.2. The Morgan fingerprint density at radius 3 is 2.59 bits per heavy atom. The summed E-state index contributed by atoms with van der Waals surface area (Å²) in [7, 11) is 3.37. The normalized spacial score (nSPS) is 26.3. The van der Waals surface area contributed by atoms with Crippen LogP contribution in [0.15, 0.2) is 59.9 Å². The fourth-order valence-electron chi connectivity index (χ4n) is 7.09. The second-order valence-electron chi connectivity index (χ2n) is 12.2. The van der Waals surface area contributed by atoms with E-state index in [2.05, 4.69) is 11.4 Å². The molecule has 238 valence electrons. The maximum Gasteiger partial charge on any atom is 0.125 e. The fraction of sp³-hybridized carbons (Fsp3) is 0.543. The second-order valence-corrected chi connectivity index (χ2v) is 12.2. The van der Waals surface area contributed by atoms with Crippen LogP contribution >= 0.6 is 0 Å². The zero-order valence-electron chi connectivity index (χ0n) is 25.8. The summed E-state index contributed by atoms with van der Waals surface area (Å²) in [6.07, 6.45) is 9.78. The topological polar surface area (TPSA) is 114 Å². The Bertz CT molecular complexity index is 1340. The maximum atomic E-state index is 12.0. The van der Waals surface area contributed by atoms with Gasteiger partial charge in [-0.1, -0.05) is 6.08 Å². The van der Waals surface area contributed by atoms with Crippen molar-refractivity contribution in [2.75, 3.05) is 40.6 Å². The minimum absolute atomic E-state index is 0.198. The quantitative estimate of drug-likeness (QED) is 0.276. The summed E-state index contributed by atoms with van der Waals surface area (Å²) in [5.41, 5.74) is 8.83. The maximum absolute atomic E-state index is 12.0. The number of nitrogens with two attached hydrogens (primary N) is 1. The SMILES string of the molecule is COCCCC1Oc2ccc(OC)cc2C(OCCC2=CCNC(N)=C2)C1C1COc2ccc(OC3CCCC3)cc2C1O. The van der Waals surface area contributed by atoms with Crippen molar-refractivity contribution >= 4 is 0 Å². The van der Waals surface area contributed by atoms with E-state index < -0.39 is 6.10 Å². The van der Waals surface area contributed by atoms with Crippen LogP contribution in [0.4, 0.5) is 0 Å². The number of rotatable bonds is 12. The summed E-state index contributed by atoms with van der Waals surface area (Å²) in [6.45, 7) is 2.16. The molecule has 3 aliphatic heterocycles. The Hall–Kier alpha value is -3.40. The number of benzene rings is 2. The predicted octanol–water partition coefficient (Wildman–Crippen LogP) is 5.34. The lowest BCUT2D eigenvalue weighted by Crippen LogP contribution is -2.46. The van der Waals surface area contributed by atoms with Crippen molar-refractivity contribution in [3.8, 4) is 23.0 Å². The van der Waals surface area contributed by atoms with Crippen molar-refractivity contribution in [2.24, 2.45) is 17.6 Å². The van der Waals surface area contributed by atoms with Gasteiger partial charge in [0, 0.05) is 43.2 Å². The van der Waals surface area contributed by atoms with Crippen LogP contribution in [0.25, 0.3) is 0 Å². The Morgan fingerprint density at radius 2 is 1.80 bits per heavy atom. The summed E-state index contributed by atoms with van der Waals surface area (Å²) in [6, 6.07) is 11.7. The molecule has 0 radical (unpaired) electrons. The van der Waals surface area contributed by atoms with Gasteiger partial charge >= 0.3 is 0 Å². The molecule has 5 unspecified atom stereocenters. The number of methoxy groups -OCH3 is 2. The highest BCUT2D eigenvalue weighted by Gasteiger charge is 2.48. The number of fused-ring (bicyclic) bond motifs is 2. The highest BCUT2D eigenvalue weighted by Crippen LogP contribution is 2.51. The van der Waals surface area contributed by atoms with Gasteiger partial charge in [-0.2, -0.15) is 0 Å². The van der Waals surface area contributed by atoms with Gasteiger partial charge in [0.1, 0.15) is 29.1 Å². The highest BCUT2D eigenvalue weighted by molar-refractivity contribution is 5.46. The van der Waals surface area contributed by atoms with Crippen molar-refractivity contribution in [1.82, 2.24) is 5.32 Å². The molecule has 3 heterocycles. The molecule has 0 aromatic heterocycles. The van der Waals surface area contributed by atoms with Crippen molar-refractivity contribution in [1.29, 1.82) is 0 Å². The van der Waals surface area contributed by atoms with Crippen molar-refractivity contribution in [2.45, 2.75) is 69.4 Å². The smallest absolute Gasteiger partial charge is 0.125 e. The van der Waals surface area contributed by atoms with E-state index in [4.69, 9.17) is 34.2 Å². The fourth-order valence-corrected chi connectivity index (χ4v) is 7.09. The van der Waals surface area contributed by atoms with Crippen molar-refractivity contribution < 1.29 is 33.5 Å². The van der Waals surface area contributed by atoms with Gasteiger partial charge in [0.25, 0.3) is 0 Å². The lowest BCUT2D eigenvalue weighted by molar-refractivity contribution is -0.112. The first-order valence-electron chi connectivity index (χ1n) is 16.0. The Morgan fingerprint density at radius 1 is 1.00 bits per heavy atom. The van der Waals surface area contributed by atoms with E-state index in [0.717, 1.165) is 59.6 Å². The molecule has 2 aromatic carbocycles. The molecule has 1 aliphatic carbocycles. The molecule has 0 bridgehead atoms. The van der Waals surface area contributed by atoms with Gasteiger partial charge < -0.3 is 44.6 Å². The molecule has 1 fully saturated rings. The Balaban J connectivity index is 1.31. The van der Waals surface area contributed by atoms with E-state index in [1.807, 2.05) is 42.5 Å². The summed E-state index contributed by atoms with van der Waals surface area (Å²) in [4.78, 5) is 0. The Labute approximate surface area is 260 Å². The predicted molar refractivity (Wildman–Crippen MR) is 167 cm³/mol. The van der Waals surface area contributed by atoms with E-state index in [0.29, 0.717) is 44.4 Å². The molecule has 1 saturated carbocycles. The number of ether oxygens (including phenoxy) is 6. The molecule has 2 aromatic rings. The average molecular weight is 607 g/mol. The number of hydrogen-bond donors (Lipinski definition) is 3.